The van der Waals surface area contributed by atoms with E-state index in [2.05, 4.69) is 24.9 Å². The number of aliphatic hydroxyl groups excluding tert-OH is 1. The number of ether oxygens (including phenoxy) is 2. The largest absolute Gasteiger partial charge is 0.504 e. The molecule has 190 valence electrons. The summed E-state index contributed by atoms with van der Waals surface area (Å²) in [6, 6.07) is 6.60. The second-order valence-corrected chi connectivity index (χ2v) is 10.2. The molecular weight excluding hydrogens is 438 g/mol. The number of unbranched alkanes of at least 4 members (excludes halogenated alkanes) is 1. The number of benzene rings is 1. The maximum absolute atomic E-state index is 10.3. The Kier molecular flexibility index (Phi) is 9.22. The third kappa shape index (κ3) is 6.86. The zero-order valence-corrected chi connectivity index (χ0v) is 21.3. The third-order valence-electron chi connectivity index (χ3n) is 7.70. The van der Waals surface area contributed by atoms with Gasteiger partial charge in [-0.3, -0.25) is 0 Å². The summed E-state index contributed by atoms with van der Waals surface area (Å²) in [5, 5.41) is 19.9. The van der Waals surface area contributed by atoms with E-state index in [0.29, 0.717) is 18.3 Å². The van der Waals surface area contributed by atoms with Crippen molar-refractivity contribution in [3.8, 4) is 11.5 Å². The van der Waals surface area contributed by atoms with E-state index in [4.69, 9.17) is 9.47 Å². The third-order valence-corrected chi connectivity index (χ3v) is 7.70. The molecule has 0 spiro atoms. The molecular formula is C30H41NO4. The standard InChI is InChI=1S/C30H41NO4/c1-3-4-9-29-25(20-32)18-27(35-29)12-10-22-11-13-28(33)30(16-22)34-15-14-26-17-24(19-31-26)21(2)23-7-5-6-8-23/h11,13,16-19,21,23,29,32-33H,3-10,12,14-15,20H2,1-2H3/t21-,29?/m1/s1. The Morgan fingerprint density at radius 3 is 2.89 bits per heavy atom. The lowest BCUT2D eigenvalue weighted by molar-refractivity contribution is 0.103. The van der Waals surface area contributed by atoms with E-state index in [1.165, 1.54) is 31.3 Å². The predicted molar refractivity (Wildman–Crippen MR) is 140 cm³/mol. The van der Waals surface area contributed by atoms with E-state index < -0.39 is 0 Å². The number of allylic oxidation sites excluding steroid dienone is 1. The number of phenolic OH excluding ortho intramolecular Hbond substituents is 1. The van der Waals surface area contributed by atoms with Gasteiger partial charge in [0.25, 0.3) is 0 Å². The minimum Gasteiger partial charge on any atom is -0.504 e. The predicted octanol–water partition coefficient (Wildman–Crippen LogP) is 6.50. The number of aliphatic hydroxyl groups is 1. The molecule has 2 aliphatic heterocycles. The highest BCUT2D eigenvalue weighted by Gasteiger charge is 2.32. The molecule has 35 heavy (non-hydrogen) atoms. The van der Waals surface area contributed by atoms with Crippen LogP contribution in [0.5, 0.6) is 11.5 Å². The molecule has 5 heteroatoms. The van der Waals surface area contributed by atoms with Gasteiger partial charge in [0.2, 0.25) is 0 Å². The van der Waals surface area contributed by atoms with E-state index in [1.54, 1.807) is 6.07 Å². The van der Waals surface area contributed by atoms with Gasteiger partial charge in [-0.05, 0) is 56.2 Å². The molecule has 2 atom stereocenters. The fraction of sp³-hybridized carbons (Fsp3) is 0.567. The number of aryl methyl sites for hydroxylation is 1. The lowest BCUT2D eigenvalue weighted by atomic mass is 9.86. The van der Waals surface area contributed by atoms with Crippen LogP contribution < -0.4 is 4.74 Å². The Morgan fingerprint density at radius 2 is 2.11 bits per heavy atom. The fourth-order valence-electron chi connectivity index (χ4n) is 5.41. The first-order valence-electron chi connectivity index (χ1n) is 13.5. The van der Waals surface area contributed by atoms with Crippen LogP contribution in [0, 0.1) is 24.0 Å². The highest BCUT2D eigenvalue weighted by atomic mass is 16.5. The number of phenols is 1. The van der Waals surface area contributed by atoms with E-state index in [9.17, 15) is 10.2 Å². The molecule has 5 nitrogen and oxygen atoms in total. The molecule has 1 saturated carbocycles. The maximum atomic E-state index is 10.3. The van der Waals surface area contributed by atoms with Crippen LogP contribution in [-0.2, 0) is 11.2 Å². The molecule has 2 N–H and O–H groups in total. The quantitative estimate of drug-likeness (QED) is 0.317. The van der Waals surface area contributed by atoms with Gasteiger partial charge < -0.3 is 19.7 Å². The Labute approximate surface area is 211 Å². The van der Waals surface area contributed by atoms with Crippen LogP contribution in [0.2, 0.25) is 0 Å². The van der Waals surface area contributed by atoms with Gasteiger partial charge in [-0.15, -0.1) is 4.99 Å². The highest BCUT2D eigenvalue weighted by Crippen LogP contribution is 2.37. The molecule has 1 fully saturated rings. The van der Waals surface area contributed by atoms with Crippen molar-refractivity contribution in [2.45, 2.75) is 84.2 Å². The van der Waals surface area contributed by atoms with Gasteiger partial charge in [0.1, 0.15) is 12.2 Å². The smallest absolute Gasteiger partial charge is 0.176 e. The van der Waals surface area contributed by atoms with Crippen LogP contribution in [0.15, 0.2) is 46.5 Å². The van der Waals surface area contributed by atoms with Crippen molar-refractivity contribution in [3.63, 3.8) is 0 Å². The van der Waals surface area contributed by atoms with Gasteiger partial charge in [0, 0.05) is 18.6 Å². The summed E-state index contributed by atoms with van der Waals surface area (Å²) in [6.45, 7) is 5.02. The summed E-state index contributed by atoms with van der Waals surface area (Å²) in [7, 11) is 0. The Balaban J connectivity index is 1.24. The zero-order chi connectivity index (χ0) is 24.6. The van der Waals surface area contributed by atoms with E-state index in [-0.39, 0.29) is 18.5 Å². The molecule has 1 unspecified atom stereocenters. The van der Waals surface area contributed by atoms with E-state index in [1.807, 2.05) is 24.4 Å². The molecule has 0 bridgehead atoms. The van der Waals surface area contributed by atoms with Crippen molar-refractivity contribution in [1.82, 2.24) is 0 Å². The average molecular weight is 480 g/mol. The second kappa shape index (κ2) is 12.5. The van der Waals surface area contributed by atoms with Crippen molar-refractivity contribution in [3.05, 3.63) is 59.2 Å². The summed E-state index contributed by atoms with van der Waals surface area (Å²) < 4.78 is 12.0. The van der Waals surface area contributed by atoms with Crippen LogP contribution in [0.25, 0.3) is 0 Å². The molecule has 2 heterocycles. The summed E-state index contributed by atoms with van der Waals surface area (Å²) in [6.07, 6.45) is 18.0. The number of hydrogen-bond acceptors (Lipinski definition) is 5. The molecule has 4 rings (SSSR count). The fourth-order valence-corrected chi connectivity index (χ4v) is 5.41. The minimum atomic E-state index is 0.0140. The summed E-state index contributed by atoms with van der Waals surface area (Å²) in [4.78, 5) is 4.61. The first-order chi connectivity index (χ1) is 17.1. The molecule has 0 radical (unpaired) electrons. The van der Waals surface area contributed by atoms with Gasteiger partial charge in [-0.2, -0.15) is 11.6 Å². The molecule has 1 aromatic carbocycles. The Bertz CT molecular complexity index is 915. The Hall–Kier alpha value is -2.37. The SMILES string of the molecule is CCCCC1O[C-](CCc2ccc(O)c(OCC[C+]3C=C([C@H](C)C4CCCC4)C=N3)c2)C=C1CO. The molecule has 1 aromatic rings. The number of aliphatic imine (C=N–C) groups is 1. The van der Waals surface area contributed by atoms with E-state index in [0.717, 1.165) is 67.7 Å². The van der Waals surface area contributed by atoms with Gasteiger partial charge in [0.15, 0.2) is 23.8 Å². The summed E-state index contributed by atoms with van der Waals surface area (Å²) >= 11 is 0. The lowest BCUT2D eigenvalue weighted by Gasteiger charge is -2.24. The zero-order valence-electron chi connectivity index (χ0n) is 21.3. The Morgan fingerprint density at radius 1 is 1.29 bits per heavy atom. The van der Waals surface area contributed by atoms with Gasteiger partial charge in [-0.1, -0.05) is 51.2 Å². The number of hydrogen-bond donors (Lipinski definition) is 2. The van der Waals surface area contributed by atoms with E-state index >= 15 is 0 Å². The second-order valence-electron chi connectivity index (χ2n) is 10.2. The number of aromatic hydroxyl groups is 1. The monoisotopic (exact) mass is 479 g/mol. The van der Waals surface area contributed by atoms with Crippen molar-refractivity contribution in [1.29, 1.82) is 0 Å². The van der Waals surface area contributed by atoms with Gasteiger partial charge in [0.05, 0.1) is 12.5 Å². The summed E-state index contributed by atoms with van der Waals surface area (Å²) in [5.41, 5.74) is 3.41. The molecule has 0 amide bonds. The molecule has 0 aromatic heterocycles. The molecule has 0 saturated heterocycles. The van der Waals surface area contributed by atoms with Crippen LogP contribution in [-0.4, -0.2) is 35.7 Å². The summed E-state index contributed by atoms with van der Waals surface area (Å²) in [5.74, 6) is 2.04. The van der Waals surface area contributed by atoms with Crippen LogP contribution in [0.1, 0.15) is 77.2 Å². The van der Waals surface area contributed by atoms with Crippen molar-refractivity contribution < 1.29 is 19.7 Å². The van der Waals surface area contributed by atoms with Crippen LogP contribution in [0.3, 0.4) is 0 Å². The molecule has 1 aliphatic carbocycles. The molecule has 3 aliphatic rings. The van der Waals surface area contributed by atoms with Gasteiger partial charge in [-0.25, -0.2) is 0 Å². The maximum Gasteiger partial charge on any atom is 0.176 e. The topological polar surface area (TPSA) is 71.3 Å². The highest BCUT2D eigenvalue weighted by molar-refractivity contribution is 5.83. The van der Waals surface area contributed by atoms with Crippen molar-refractivity contribution in [2.75, 3.05) is 13.2 Å². The lowest BCUT2D eigenvalue weighted by Crippen LogP contribution is -2.13. The number of nitrogens with zero attached hydrogens (tertiary/aromatic N) is 1. The van der Waals surface area contributed by atoms with Crippen LogP contribution >= 0.6 is 0 Å². The van der Waals surface area contributed by atoms with Gasteiger partial charge >= 0.3 is 0 Å². The van der Waals surface area contributed by atoms with Crippen molar-refractivity contribution in [2.24, 2.45) is 16.8 Å². The minimum absolute atomic E-state index is 0.0140. The van der Waals surface area contributed by atoms with Crippen molar-refractivity contribution >= 4 is 6.21 Å². The van der Waals surface area contributed by atoms with Crippen LogP contribution in [0.4, 0.5) is 0 Å². The normalized spacial score (nSPS) is 21.1. The number of rotatable bonds is 13. The first kappa shape index (κ1) is 25.7. The average Bonchev–Trinajstić information content (AvgIpc) is 3.64. The first-order valence-corrected chi connectivity index (χ1v) is 13.5.